The highest BCUT2D eigenvalue weighted by Crippen LogP contribution is 2.42. The van der Waals surface area contributed by atoms with Crippen LogP contribution in [0.3, 0.4) is 0 Å². The predicted octanol–water partition coefficient (Wildman–Crippen LogP) is 3.49. The molecule has 0 aliphatic carbocycles. The number of pyridine rings is 1. The van der Waals surface area contributed by atoms with Crippen LogP contribution in [0.5, 0.6) is 0 Å². The largest absolute Gasteiger partial charge is 0.478 e. The maximum atomic E-state index is 12.0. The monoisotopic (exact) mass is 364 g/mol. The zero-order valence-corrected chi connectivity index (χ0v) is 15.3. The Hall–Kier alpha value is -3.41. The van der Waals surface area contributed by atoms with E-state index in [2.05, 4.69) is 4.98 Å². The Morgan fingerprint density at radius 1 is 0.963 bits per heavy atom. The maximum absolute atomic E-state index is 12.0. The summed E-state index contributed by atoms with van der Waals surface area (Å²) in [7, 11) is 1.68. The van der Waals surface area contributed by atoms with Crippen LogP contribution in [-0.4, -0.2) is 39.1 Å². The summed E-state index contributed by atoms with van der Waals surface area (Å²) >= 11 is 0. The standard InChI is InChI=1S/C21H20N2O4/c1-12-17(20(24)25)19(18(21(26)27)13(2)23(12)3)15-7-4-6-14(10-15)16-8-5-9-22-11-16/h4-11,19H,1-3H3,(H,24,25)(H,26,27). The summed E-state index contributed by atoms with van der Waals surface area (Å²) in [6.07, 6.45) is 3.39. The van der Waals surface area contributed by atoms with Gasteiger partial charge in [-0.15, -0.1) is 0 Å². The van der Waals surface area contributed by atoms with Crippen LogP contribution < -0.4 is 0 Å². The van der Waals surface area contributed by atoms with Gasteiger partial charge >= 0.3 is 11.9 Å². The van der Waals surface area contributed by atoms with Gasteiger partial charge in [-0.1, -0.05) is 30.3 Å². The number of allylic oxidation sites excluding steroid dienone is 2. The van der Waals surface area contributed by atoms with Crippen molar-refractivity contribution >= 4 is 11.9 Å². The van der Waals surface area contributed by atoms with Gasteiger partial charge in [-0.3, -0.25) is 4.98 Å². The fourth-order valence-corrected chi connectivity index (χ4v) is 3.50. The molecule has 0 bridgehead atoms. The SMILES string of the molecule is CC1=C(C(=O)O)C(c2cccc(-c3cccnc3)c2)C(C(=O)O)=C(C)N1C. The minimum atomic E-state index is -1.12. The van der Waals surface area contributed by atoms with Crippen molar-refractivity contribution in [2.24, 2.45) is 0 Å². The van der Waals surface area contributed by atoms with Gasteiger partial charge in [0.05, 0.1) is 17.1 Å². The molecule has 0 spiro atoms. The van der Waals surface area contributed by atoms with E-state index in [0.29, 0.717) is 17.0 Å². The van der Waals surface area contributed by atoms with Gasteiger partial charge in [0.25, 0.3) is 0 Å². The maximum Gasteiger partial charge on any atom is 0.334 e. The van der Waals surface area contributed by atoms with Crippen LogP contribution in [0.2, 0.25) is 0 Å². The molecule has 2 N–H and O–H groups in total. The van der Waals surface area contributed by atoms with E-state index in [1.807, 2.05) is 24.3 Å². The van der Waals surface area contributed by atoms with Gasteiger partial charge in [0.1, 0.15) is 0 Å². The van der Waals surface area contributed by atoms with E-state index >= 15 is 0 Å². The highest BCUT2D eigenvalue weighted by molar-refractivity contribution is 5.98. The number of rotatable bonds is 4. The van der Waals surface area contributed by atoms with Crippen molar-refractivity contribution in [3.8, 4) is 11.1 Å². The van der Waals surface area contributed by atoms with Gasteiger partial charge in [-0.05, 0) is 36.6 Å². The van der Waals surface area contributed by atoms with Crippen LogP contribution in [-0.2, 0) is 9.59 Å². The first-order chi connectivity index (χ1) is 12.8. The van der Waals surface area contributed by atoms with Crippen molar-refractivity contribution in [2.75, 3.05) is 7.05 Å². The fraction of sp³-hybridized carbons (Fsp3) is 0.190. The number of carboxylic acids is 2. The van der Waals surface area contributed by atoms with Gasteiger partial charge in [-0.2, -0.15) is 0 Å². The minimum absolute atomic E-state index is 0.0730. The average molecular weight is 364 g/mol. The van der Waals surface area contributed by atoms with E-state index in [1.165, 1.54) is 0 Å². The second-order valence-electron chi connectivity index (χ2n) is 6.47. The van der Waals surface area contributed by atoms with Crippen molar-refractivity contribution in [1.82, 2.24) is 9.88 Å². The normalized spacial score (nSPS) is 15.3. The van der Waals surface area contributed by atoms with E-state index in [1.54, 1.807) is 50.3 Å². The second kappa shape index (κ2) is 7.07. The summed E-state index contributed by atoms with van der Waals surface area (Å²) in [4.78, 5) is 29.8. The van der Waals surface area contributed by atoms with Crippen molar-refractivity contribution in [3.05, 3.63) is 76.9 Å². The lowest BCUT2D eigenvalue weighted by molar-refractivity contribution is -0.133. The number of carbonyl (C=O) groups is 2. The molecule has 2 heterocycles. The molecule has 1 aliphatic rings. The lowest BCUT2D eigenvalue weighted by Crippen LogP contribution is -2.32. The fourth-order valence-electron chi connectivity index (χ4n) is 3.50. The highest BCUT2D eigenvalue weighted by Gasteiger charge is 2.38. The molecule has 0 saturated carbocycles. The molecule has 0 fully saturated rings. The summed E-state index contributed by atoms with van der Waals surface area (Å²) < 4.78 is 0. The number of nitrogens with zero attached hydrogens (tertiary/aromatic N) is 2. The molecular formula is C21H20N2O4. The van der Waals surface area contributed by atoms with E-state index < -0.39 is 17.9 Å². The van der Waals surface area contributed by atoms with Crippen molar-refractivity contribution in [1.29, 1.82) is 0 Å². The van der Waals surface area contributed by atoms with E-state index in [4.69, 9.17) is 0 Å². The Morgan fingerprint density at radius 2 is 1.56 bits per heavy atom. The van der Waals surface area contributed by atoms with Gasteiger partial charge < -0.3 is 15.1 Å². The molecule has 1 aromatic carbocycles. The van der Waals surface area contributed by atoms with Crippen LogP contribution in [0.25, 0.3) is 11.1 Å². The highest BCUT2D eigenvalue weighted by atomic mass is 16.4. The molecular weight excluding hydrogens is 344 g/mol. The number of hydrogen-bond donors (Lipinski definition) is 2. The lowest BCUT2D eigenvalue weighted by Gasteiger charge is -2.34. The molecule has 6 heteroatoms. The molecule has 1 aliphatic heterocycles. The summed E-state index contributed by atoms with van der Waals surface area (Å²) in [5.41, 5.74) is 3.56. The Bertz CT molecular complexity index is 939. The van der Waals surface area contributed by atoms with Crippen LogP contribution in [0.1, 0.15) is 25.3 Å². The lowest BCUT2D eigenvalue weighted by atomic mass is 9.79. The van der Waals surface area contributed by atoms with Crippen molar-refractivity contribution in [2.45, 2.75) is 19.8 Å². The van der Waals surface area contributed by atoms with Crippen LogP contribution in [0.15, 0.2) is 71.3 Å². The zero-order valence-electron chi connectivity index (χ0n) is 15.3. The molecule has 27 heavy (non-hydrogen) atoms. The minimum Gasteiger partial charge on any atom is -0.478 e. The third-order valence-electron chi connectivity index (χ3n) is 5.04. The Morgan fingerprint density at radius 3 is 2.07 bits per heavy atom. The van der Waals surface area contributed by atoms with Crippen LogP contribution in [0.4, 0.5) is 0 Å². The van der Waals surface area contributed by atoms with Crippen molar-refractivity contribution < 1.29 is 19.8 Å². The Kier molecular flexibility index (Phi) is 4.81. The molecule has 0 radical (unpaired) electrons. The zero-order chi connectivity index (χ0) is 19.7. The summed E-state index contributed by atoms with van der Waals surface area (Å²) in [6, 6.07) is 11.0. The Labute approximate surface area is 157 Å². The average Bonchev–Trinajstić information content (AvgIpc) is 2.66. The van der Waals surface area contributed by atoms with Crippen LogP contribution >= 0.6 is 0 Å². The van der Waals surface area contributed by atoms with E-state index in [0.717, 1.165) is 11.1 Å². The third kappa shape index (κ3) is 3.21. The van der Waals surface area contributed by atoms with Gasteiger partial charge in [-0.25, -0.2) is 9.59 Å². The smallest absolute Gasteiger partial charge is 0.334 e. The molecule has 138 valence electrons. The van der Waals surface area contributed by atoms with Crippen molar-refractivity contribution in [3.63, 3.8) is 0 Å². The third-order valence-corrected chi connectivity index (χ3v) is 5.04. The van der Waals surface area contributed by atoms with Gasteiger partial charge in [0, 0.05) is 30.8 Å². The van der Waals surface area contributed by atoms with E-state index in [-0.39, 0.29) is 11.1 Å². The number of benzene rings is 1. The number of carboxylic acid groups (broad SMARTS) is 2. The number of aromatic nitrogens is 1. The summed E-state index contributed by atoms with van der Waals surface area (Å²) in [5.74, 6) is -3.10. The first-order valence-corrected chi connectivity index (χ1v) is 8.45. The quantitative estimate of drug-likeness (QED) is 0.863. The molecule has 0 amide bonds. The predicted molar refractivity (Wildman–Crippen MR) is 101 cm³/mol. The van der Waals surface area contributed by atoms with Gasteiger partial charge in [0.15, 0.2) is 0 Å². The molecule has 3 rings (SSSR count). The second-order valence-corrected chi connectivity index (χ2v) is 6.47. The molecule has 2 aromatic rings. The molecule has 0 saturated heterocycles. The molecule has 0 atom stereocenters. The summed E-state index contributed by atoms with van der Waals surface area (Å²) in [5, 5.41) is 19.6. The summed E-state index contributed by atoms with van der Waals surface area (Å²) in [6.45, 7) is 3.40. The van der Waals surface area contributed by atoms with Gasteiger partial charge in [0.2, 0.25) is 0 Å². The van der Waals surface area contributed by atoms with E-state index in [9.17, 15) is 19.8 Å². The first-order valence-electron chi connectivity index (χ1n) is 8.45. The molecule has 6 nitrogen and oxygen atoms in total. The number of hydrogen-bond acceptors (Lipinski definition) is 4. The first kappa shape index (κ1) is 18.4. The topological polar surface area (TPSA) is 90.7 Å². The molecule has 1 aromatic heterocycles. The van der Waals surface area contributed by atoms with Crippen LogP contribution in [0, 0.1) is 0 Å². The Balaban J connectivity index is 2.23. The number of aliphatic carboxylic acids is 2. The molecule has 0 unspecified atom stereocenters.